The number of aromatic nitrogens is 2. The minimum Gasteiger partial charge on any atom is -0.497 e. The molecule has 3 atom stereocenters. The van der Waals surface area contributed by atoms with Gasteiger partial charge in [0.2, 0.25) is 0 Å². The molecule has 6 heteroatoms. The van der Waals surface area contributed by atoms with Crippen molar-refractivity contribution in [3.8, 4) is 5.75 Å². The highest BCUT2D eigenvalue weighted by atomic mass is 35.5. The number of piperidine rings is 3. The molecule has 4 aliphatic heterocycles. The fourth-order valence-corrected chi connectivity index (χ4v) is 5.39. The third kappa shape index (κ3) is 2.57. The number of ether oxygens (including phenoxy) is 1. The van der Waals surface area contributed by atoms with E-state index in [2.05, 4.69) is 44.3 Å². The van der Waals surface area contributed by atoms with Crippen molar-refractivity contribution in [3.05, 3.63) is 47.1 Å². The van der Waals surface area contributed by atoms with E-state index in [9.17, 15) is 0 Å². The normalized spacial score (nSPS) is 32.5. The summed E-state index contributed by atoms with van der Waals surface area (Å²) in [5.74, 6) is 3.08. The minimum absolute atomic E-state index is 0.449. The zero-order valence-corrected chi connectivity index (χ0v) is 15.6. The highest BCUT2D eigenvalue weighted by Crippen LogP contribution is 2.47. The smallest absolute Gasteiger partial charge is 0.151 e. The summed E-state index contributed by atoms with van der Waals surface area (Å²) in [4.78, 5) is 5.18. The Kier molecular flexibility index (Phi) is 4.02. The summed E-state index contributed by atoms with van der Waals surface area (Å²) in [6.45, 7) is 3.42. The van der Waals surface area contributed by atoms with Crippen LogP contribution in [0.4, 0.5) is 5.82 Å². The molecule has 6 rings (SSSR count). The number of benzene rings is 1. The lowest BCUT2D eigenvalue weighted by atomic mass is 9.75. The molecule has 4 fully saturated rings. The van der Waals surface area contributed by atoms with E-state index in [0.717, 1.165) is 24.0 Å². The van der Waals surface area contributed by atoms with Crippen LogP contribution in [0.1, 0.15) is 24.3 Å². The molecule has 0 radical (unpaired) electrons. The van der Waals surface area contributed by atoms with Gasteiger partial charge in [-0.25, -0.2) is 0 Å². The maximum Gasteiger partial charge on any atom is 0.151 e. The van der Waals surface area contributed by atoms with E-state index in [4.69, 9.17) is 16.3 Å². The second-order valence-corrected chi connectivity index (χ2v) is 7.99. The molecular weight excluding hydrogens is 348 g/mol. The number of hydrogen-bond donors (Lipinski definition) is 0. The van der Waals surface area contributed by atoms with Crippen LogP contribution < -0.4 is 9.64 Å². The molecule has 1 aromatic carbocycles. The van der Waals surface area contributed by atoms with Crippen LogP contribution in [0.5, 0.6) is 5.75 Å². The van der Waals surface area contributed by atoms with Gasteiger partial charge in [-0.1, -0.05) is 23.7 Å². The predicted molar refractivity (Wildman–Crippen MR) is 102 cm³/mol. The fraction of sp³-hybridized carbons (Fsp3) is 0.500. The second kappa shape index (κ2) is 6.39. The topological polar surface area (TPSA) is 41.5 Å². The van der Waals surface area contributed by atoms with Crippen LogP contribution in [0.2, 0.25) is 5.15 Å². The van der Waals surface area contributed by atoms with E-state index in [1.165, 1.54) is 31.5 Å². The Morgan fingerprint density at radius 3 is 2.42 bits per heavy atom. The van der Waals surface area contributed by atoms with Crippen LogP contribution in [0, 0.1) is 5.92 Å². The van der Waals surface area contributed by atoms with E-state index in [0.29, 0.717) is 23.2 Å². The summed E-state index contributed by atoms with van der Waals surface area (Å²) in [5.41, 5.74) is 1.39. The van der Waals surface area contributed by atoms with Gasteiger partial charge in [-0.3, -0.25) is 4.90 Å². The Morgan fingerprint density at radius 1 is 1.00 bits per heavy atom. The van der Waals surface area contributed by atoms with Gasteiger partial charge in [-0.2, -0.15) is 0 Å². The fourth-order valence-electron chi connectivity index (χ4n) is 5.29. The maximum atomic E-state index is 5.96. The molecule has 4 saturated heterocycles. The molecule has 0 unspecified atom stereocenters. The Hall–Kier alpha value is -1.85. The number of hydrogen-bond acceptors (Lipinski definition) is 5. The van der Waals surface area contributed by atoms with E-state index in [1.54, 1.807) is 7.11 Å². The summed E-state index contributed by atoms with van der Waals surface area (Å²) in [5, 5.41) is 8.93. The van der Waals surface area contributed by atoms with Crippen LogP contribution >= 0.6 is 11.6 Å². The highest BCUT2D eigenvalue weighted by Gasteiger charge is 2.53. The van der Waals surface area contributed by atoms with Crippen LogP contribution in [0.15, 0.2) is 36.4 Å². The Balaban J connectivity index is 1.52. The van der Waals surface area contributed by atoms with Crippen molar-refractivity contribution in [1.29, 1.82) is 0 Å². The van der Waals surface area contributed by atoms with Gasteiger partial charge in [0.25, 0.3) is 0 Å². The summed E-state index contributed by atoms with van der Waals surface area (Å²) < 4.78 is 5.34. The standard InChI is InChI=1S/C20H23ClN4O/c1-26-15-4-2-13(3-5-15)16-12-25(18-7-6-17(21)22-23-18)19-14-8-10-24(11-9-14)20(16)19/h2-7,14,16,19-20H,8-12H2,1H3/t16-,19+,20+/m0/s1. The monoisotopic (exact) mass is 370 g/mol. The number of nitrogens with zero attached hydrogens (tertiary/aromatic N) is 4. The molecule has 5 nitrogen and oxygen atoms in total. The predicted octanol–water partition coefficient (Wildman–Crippen LogP) is 3.21. The molecule has 0 N–H and O–H groups in total. The first kappa shape index (κ1) is 16.3. The third-order valence-electron chi connectivity index (χ3n) is 6.45. The lowest BCUT2D eigenvalue weighted by Crippen LogP contribution is -2.60. The Morgan fingerprint density at radius 2 is 1.77 bits per heavy atom. The molecule has 5 heterocycles. The van der Waals surface area contributed by atoms with Crippen molar-refractivity contribution >= 4 is 17.4 Å². The zero-order chi connectivity index (χ0) is 17.7. The molecule has 1 aromatic heterocycles. The molecular formula is C20H23ClN4O. The zero-order valence-electron chi connectivity index (χ0n) is 14.9. The number of halogens is 1. The lowest BCUT2D eigenvalue weighted by Gasteiger charge is -2.51. The second-order valence-electron chi connectivity index (χ2n) is 7.60. The molecule has 0 amide bonds. The SMILES string of the molecule is COc1ccc([C@@H]2CN(c3ccc(Cl)nn3)[C@@H]3C4CCN(CC4)[C@@H]32)cc1. The average molecular weight is 371 g/mol. The van der Waals surface area contributed by atoms with E-state index in [1.807, 2.05) is 12.1 Å². The summed E-state index contributed by atoms with van der Waals surface area (Å²) in [6, 6.07) is 13.5. The molecule has 26 heavy (non-hydrogen) atoms. The number of fused-ring (bicyclic) bond motifs is 2. The van der Waals surface area contributed by atoms with Gasteiger partial charge >= 0.3 is 0 Å². The van der Waals surface area contributed by atoms with Crippen molar-refractivity contribution in [2.45, 2.75) is 30.8 Å². The van der Waals surface area contributed by atoms with Crippen molar-refractivity contribution in [3.63, 3.8) is 0 Å². The minimum atomic E-state index is 0.449. The van der Waals surface area contributed by atoms with Crippen molar-refractivity contribution < 1.29 is 4.74 Å². The molecule has 4 aliphatic rings. The van der Waals surface area contributed by atoms with Crippen LogP contribution in [0.25, 0.3) is 0 Å². The first-order valence-electron chi connectivity index (χ1n) is 9.38. The summed E-state index contributed by atoms with van der Waals surface area (Å²) in [6.07, 6.45) is 2.57. The van der Waals surface area contributed by atoms with Crippen LogP contribution in [-0.2, 0) is 0 Å². The largest absolute Gasteiger partial charge is 0.497 e. The average Bonchev–Trinajstić information content (AvgIpc) is 3.12. The van der Waals surface area contributed by atoms with Crippen LogP contribution in [-0.4, -0.2) is 53.9 Å². The van der Waals surface area contributed by atoms with Gasteiger partial charge in [0, 0.05) is 24.5 Å². The maximum absolute atomic E-state index is 5.96. The molecule has 0 aliphatic carbocycles. The van der Waals surface area contributed by atoms with Crippen molar-refractivity contribution in [2.75, 3.05) is 31.6 Å². The molecule has 2 bridgehead atoms. The van der Waals surface area contributed by atoms with Gasteiger partial charge in [0.1, 0.15) is 5.75 Å². The Labute approximate surface area is 158 Å². The first-order valence-corrected chi connectivity index (χ1v) is 9.76. The molecule has 136 valence electrons. The van der Waals surface area contributed by atoms with Crippen molar-refractivity contribution in [1.82, 2.24) is 15.1 Å². The van der Waals surface area contributed by atoms with Gasteiger partial charge < -0.3 is 9.64 Å². The van der Waals surface area contributed by atoms with Gasteiger partial charge in [0.05, 0.1) is 7.11 Å². The van der Waals surface area contributed by atoms with Gasteiger partial charge in [0.15, 0.2) is 11.0 Å². The molecule has 0 saturated carbocycles. The van der Waals surface area contributed by atoms with E-state index >= 15 is 0 Å². The van der Waals surface area contributed by atoms with Gasteiger partial charge in [-0.05, 0) is 61.7 Å². The number of anilines is 1. The summed E-state index contributed by atoms with van der Waals surface area (Å²) >= 11 is 5.96. The first-order chi connectivity index (χ1) is 12.7. The van der Waals surface area contributed by atoms with E-state index in [-0.39, 0.29) is 0 Å². The molecule has 2 aromatic rings. The van der Waals surface area contributed by atoms with E-state index < -0.39 is 0 Å². The highest BCUT2D eigenvalue weighted by molar-refractivity contribution is 6.29. The third-order valence-corrected chi connectivity index (χ3v) is 6.65. The lowest BCUT2D eigenvalue weighted by molar-refractivity contribution is 0.0354. The number of methoxy groups -OCH3 is 1. The molecule has 0 spiro atoms. The summed E-state index contributed by atoms with van der Waals surface area (Å²) in [7, 11) is 1.72. The van der Waals surface area contributed by atoms with Gasteiger partial charge in [-0.15, -0.1) is 10.2 Å². The van der Waals surface area contributed by atoms with Crippen molar-refractivity contribution in [2.24, 2.45) is 5.92 Å². The quantitative estimate of drug-likeness (QED) is 0.829. The number of rotatable bonds is 3. The van der Waals surface area contributed by atoms with Crippen LogP contribution in [0.3, 0.4) is 0 Å². The Bertz CT molecular complexity index is 773.